The predicted molar refractivity (Wildman–Crippen MR) is 147 cm³/mol. The first-order valence-electron chi connectivity index (χ1n) is 11.4. The summed E-state index contributed by atoms with van der Waals surface area (Å²) in [5.74, 6) is 2.38. The van der Waals surface area contributed by atoms with Crippen molar-refractivity contribution in [3.8, 4) is 23.0 Å². The van der Waals surface area contributed by atoms with E-state index in [9.17, 15) is 9.13 Å². The summed E-state index contributed by atoms with van der Waals surface area (Å²) in [7, 11) is -1.62. The smallest absolute Gasteiger partial charge is 0.267 e. The minimum atomic E-state index is -3.91. The van der Waals surface area contributed by atoms with Crippen LogP contribution >= 0.6 is 14.7 Å². The molecule has 0 aliphatic rings. The molecule has 4 aromatic carbocycles. The van der Waals surface area contributed by atoms with Gasteiger partial charge in [0.25, 0.3) is 14.7 Å². The zero-order valence-corrected chi connectivity index (χ0v) is 22.8. The number of ether oxygens (including phenoxy) is 4. The van der Waals surface area contributed by atoms with Crippen LogP contribution in [0.2, 0.25) is 0 Å². The van der Waals surface area contributed by atoms with Gasteiger partial charge >= 0.3 is 0 Å². The summed E-state index contributed by atoms with van der Waals surface area (Å²) in [6.45, 7) is 0. The first-order valence-corrected chi connectivity index (χ1v) is 14.6. The van der Waals surface area contributed by atoms with E-state index in [1.165, 1.54) is 0 Å². The molecule has 4 rings (SSSR count). The summed E-state index contributed by atoms with van der Waals surface area (Å²) in [6.07, 6.45) is 0. The molecule has 7 nitrogen and oxygen atoms in total. The van der Waals surface area contributed by atoms with Gasteiger partial charge in [-0.05, 0) is 97.1 Å². The number of rotatable bonds is 10. The Balaban J connectivity index is 1.92. The molecule has 0 radical (unpaired) electrons. The lowest BCUT2D eigenvalue weighted by Gasteiger charge is -2.27. The molecule has 0 aliphatic carbocycles. The minimum Gasteiger partial charge on any atom is -0.497 e. The molecule has 0 amide bonds. The Kier molecular flexibility index (Phi) is 8.09. The van der Waals surface area contributed by atoms with Gasteiger partial charge in [-0.25, -0.2) is 0 Å². The molecule has 0 saturated carbocycles. The van der Waals surface area contributed by atoms with Gasteiger partial charge in [-0.15, -0.1) is 0 Å². The van der Waals surface area contributed by atoms with Gasteiger partial charge in [0.15, 0.2) is 0 Å². The molecular weight excluding hydrogens is 510 g/mol. The molecule has 0 heterocycles. The summed E-state index contributed by atoms with van der Waals surface area (Å²) in [6, 6.07) is 26.9. The summed E-state index contributed by atoms with van der Waals surface area (Å²) in [5.41, 5.74) is 0. The van der Waals surface area contributed by atoms with Crippen LogP contribution in [0.25, 0.3) is 0 Å². The van der Waals surface area contributed by atoms with Crippen LogP contribution < -0.4 is 40.2 Å². The van der Waals surface area contributed by atoms with E-state index in [1.807, 2.05) is 0 Å². The lowest BCUT2D eigenvalue weighted by atomic mass is 10.3. The topological polar surface area (TPSA) is 80.3 Å². The van der Waals surface area contributed by atoms with Crippen molar-refractivity contribution < 1.29 is 32.4 Å². The molecule has 0 saturated heterocycles. The molecule has 192 valence electrons. The summed E-state index contributed by atoms with van der Waals surface area (Å²) in [5, 5.41) is 1.50. The normalized spacial score (nSPS) is 11.6. The molecule has 0 N–H and O–H groups in total. The third-order valence-electron chi connectivity index (χ3n) is 5.88. The second kappa shape index (κ2) is 11.3. The number of hydrogen-bond donors (Lipinski definition) is 0. The van der Waals surface area contributed by atoms with Gasteiger partial charge in [0.05, 0.1) is 28.4 Å². The van der Waals surface area contributed by atoms with E-state index in [4.69, 9.17) is 23.3 Å². The highest BCUT2D eigenvalue weighted by atomic mass is 31.2. The Labute approximate surface area is 216 Å². The predicted octanol–water partition coefficient (Wildman–Crippen LogP) is 4.90. The Morgan fingerprint density at radius 3 is 0.730 bits per heavy atom. The fourth-order valence-corrected chi connectivity index (χ4v) is 9.33. The quantitative estimate of drug-likeness (QED) is 0.266. The van der Waals surface area contributed by atoms with Gasteiger partial charge < -0.3 is 18.9 Å². The molecule has 0 spiro atoms. The lowest BCUT2D eigenvalue weighted by Crippen LogP contribution is -2.24. The van der Waals surface area contributed by atoms with Crippen LogP contribution in [0.5, 0.6) is 23.0 Å². The van der Waals surface area contributed by atoms with Gasteiger partial charge in [0, 0.05) is 21.2 Å². The molecule has 4 aromatic rings. The molecule has 0 fully saturated rings. The van der Waals surface area contributed by atoms with Crippen molar-refractivity contribution >= 4 is 36.0 Å². The van der Waals surface area contributed by atoms with E-state index in [-0.39, 0.29) is 0 Å². The van der Waals surface area contributed by atoms with Crippen LogP contribution in [0.3, 0.4) is 0 Å². The maximum absolute atomic E-state index is 14.9. The van der Waals surface area contributed by atoms with Gasteiger partial charge in [0.2, 0.25) is 0 Å². The monoisotopic (exact) mass is 538 g/mol. The molecule has 0 bridgehead atoms. The van der Waals surface area contributed by atoms with E-state index in [0.29, 0.717) is 44.2 Å². The average Bonchev–Trinajstić information content (AvgIpc) is 2.97. The lowest BCUT2D eigenvalue weighted by molar-refractivity contribution is 0.415. The van der Waals surface area contributed by atoms with Crippen molar-refractivity contribution in [2.75, 3.05) is 28.4 Å². The van der Waals surface area contributed by atoms with Crippen molar-refractivity contribution in [2.45, 2.75) is 0 Å². The average molecular weight is 538 g/mol. The first-order chi connectivity index (χ1) is 17.9. The van der Waals surface area contributed by atoms with Gasteiger partial charge in [-0.3, -0.25) is 13.4 Å². The second-order valence-electron chi connectivity index (χ2n) is 7.98. The molecule has 37 heavy (non-hydrogen) atoms. The zero-order valence-electron chi connectivity index (χ0n) is 21.0. The number of hydrogen-bond acceptors (Lipinski definition) is 7. The Morgan fingerprint density at radius 2 is 0.568 bits per heavy atom. The van der Waals surface area contributed by atoms with Crippen LogP contribution in [0.1, 0.15) is 0 Å². The standard InChI is InChI=1S/C28H28O7P2/c1-31-21-5-13-25(14-6-21)36(29,26-15-7-22(32-2)8-16-26)35-37(30,27-17-9-23(33-3)10-18-27)28-19-11-24(34-4)12-20-28/h5-20H,1-4H3. The third-order valence-corrected chi connectivity index (χ3v) is 11.6. The first kappa shape index (κ1) is 26.6. The van der Waals surface area contributed by atoms with Crippen molar-refractivity contribution in [3.63, 3.8) is 0 Å². The molecule has 9 heteroatoms. The highest BCUT2D eigenvalue weighted by Crippen LogP contribution is 2.61. The highest BCUT2D eigenvalue weighted by Gasteiger charge is 2.40. The molecular formula is C28H28O7P2. The van der Waals surface area contributed by atoms with E-state index in [2.05, 4.69) is 0 Å². The Morgan fingerprint density at radius 1 is 0.378 bits per heavy atom. The molecule has 0 atom stereocenters. The minimum absolute atomic E-state index is 0.376. The van der Waals surface area contributed by atoms with E-state index >= 15 is 0 Å². The van der Waals surface area contributed by atoms with Crippen LogP contribution in [0.15, 0.2) is 97.1 Å². The zero-order chi connectivity index (χ0) is 26.5. The van der Waals surface area contributed by atoms with E-state index in [0.717, 1.165) is 0 Å². The second-order valence-corrected chi connectivity index (χ2v) is 12.9. The van der Waals surface area contributed by atoms with Crippen molar-refractivity contribution in [3.05, 3.63) is 97.1 Å². The van der Waals surface area contributed by atoms with Crippen molar-refractivity contribution in [1.82, 2.24) is 0 Å². The van der Waals surface area contributed by atoms with E-state index in [1.54, 1.807) is 126 Å². The van der Waals surface area contributed by atoms with Crippen molar-refractivity contribution in [1.29, 1.82) is 0 Å². The maximum atomic E-state index is 14.9. The van der Waals surface area contributed by atoms with Gasteiger partial charge in [-0.1, -0.05) is 0 Å². The van der Waals surface area contributed by atoms with Crippen LogP contribution in [-0.2, 0) is 13.4 Å². The van der Waals surface area contributed by atoms with E-state index < -0.39 is 14.7 Å². The summed E-state index contributed by atoms with van der Waals surface area (Å²) < 4.78 is 57.3. The largest absolute Gasteiger partial charge is 0.497 e. The fourth-order valence-electron chi connectivity index (χ4n) is 3.76. The number of benzene rings is 4. The summed E-state index contributed by atoms with van der Waals surface area (Å²) >= 11 is 0. The van der Waals surface area contributed by atoms with Crippen molar-refractivity contribution in [2.24, 2.45) is 0 Å². The van der Waals surface area contributed by atoms with Gasteiger partial charge in [0.1, 0.15) is 23.0 Å². The number of methoxy groups -OCH3 is 4. The van der Waals surface area contributed by atoms with Crippen LogP contribution in [0, 0.1) is 0 Å². The van der Waals surface area contributed by atoms with Crippen LogP contribution in [-0.4, -0.2) is 28.4 Å². The molecule has 0 aliphatic heterocycles. The fraction of sp³-hybridized carbons (Fsp3) is 0.143. The Hall–Kier alpha value is -3.50. The van der Waals surface area contributed by atoms with Gasteiger partial charge in [-0.2, -0.15) is 0 Å². The highest BCUT2D eigenvalue weighted by molar-refractivity contribution is 7.86. The molecule has 0 unspecified atom stereocenters. The Bertz CT molecular complexity index is 1200. The summed E-state index contributed by atoms with van der Waals surface area (Å²) in [4.78, 5) is 0. The third kappa shape index (κ3) is 5.45. The maximum Gasteiger partial charge on any atom is 0.267 e. The molecule has 0 aromatic heterocycles. The SMILES string of the molecule is COc1ccc(P(=O)(OP(=O)(c2ccc(OC)cc2)c2ccc(OC)cc2)c2ccc(OC)cc2)cc1. The van der Waals surface area contributed by atoms with Crippen LogP contribution in [0.4, 0.5) is 0 Å².